The van der Waals surface area contributed by atoms with E-state index in [1.54, 1.807) is 0 Å². The monoisotopic (exact) mass is 458 g/mol. The third-order valence-corrected chi connectivity index (χ3v) is 6.04. The molecular formula is C21H23BrN4OS. The molecular weight excluding hydrogens is 436 g/mol. The van der Waals surface area contributed by atoms with Crippen LogP contribution in [0, 0.1) is 0 Å². The molecule has 5 nitrogen and oxygen atoms in total. The van der Waals surface area contributed by atoms with E-state index in [1.807, 2.05) is 35.9 Å². The minimum absolute atomic E-state index is 0.0871. The van der Waals surface area contributed by atoms with Crippen molar-refractivity contribution in [3.8, 4) is 11.4 Å². The van der Waals surface area contributed by atoms with E-state index in [0.717, 1.165) is 21.5 Å². The zero-order chi connectivity index (χ0) is 20.3. The first-order valence-corrected chi connectivity index (χ1v) is 10.7. The molecule has 1 aromatic heterocycles. The minimum Gasteiger partial charge on any atom is -0.324 e. The molecule has 3 aromatic rings. The van der Waals surface area contributed by atoms with E-state index in [2.05, 4.69) is 76.5 Å². The highest BCUT2D eigenvalue weighted by atomic mass is 79.9. The average molecular weight is 459 g/mol. The lowest BCUT2D eigenvalue weighted by molar-refractivity contribution is -0.113. The van der Waals surface area contributed by atoms with Crippen molar-refractivity contribution in [1.82, 2.24) is 14.8 Å². The molecule has 0 atom stereocenters. The van der Waals surface area contributed by atoms with E-state index in [0.29, 0.717) is 5.16 Å². The van der Waals surface area contributed by atoms with E-state index >= 15 is 0 Å². The molecule has 3 rings (SSSR count). The van der Waals surface area contributed by atoms with Crippen LogP contribution in [0.2, 0.25) is 0 Å². The van der Waals surface area contributed by atoms with Gasteiger partial charge in [0, 0.05) is 17.1 Å². The van der Waals surface area contributed by atoms with Crippen LogP contribution in [-0.4, -0.2) is 26.4 Å². The topological polar surface area (TPSA) is 59.8 Å². The molecule has 0 aliphatic heterocycles. The number of nitrogens with zero attached hydrogens (tertiary/aromatic N) is 3. The van der Waals surface area contributed by atoms with Gasteiger partial charge in [-0.05, 0) is 39.0 Å². The molecule has 1 heterocycles. The number of hydrogen-bond donors (Lipinski definition) is 1. The average Bonchev–Trinajstić information content (AvgIpc) is 3.02. The Labute approximate surface area is 178 Å². The Morgan fingerprint density at radius 3 is 2.43 bits per heavy atom. The molecule has 0 fully saturated rings. The molecule has 0 spiro atoms. The fraction of sp³-hybridized carbons (Fsp3) is 0.286. The van der Waals surface area contributed by atoms with Gasteiger partial charge in [-0.2, -0.15) is 0 Å². The van der Waals surface area contributed by atoms with Gasteiger partial charge in [0.25, 0.3) is 0 Å². The van der Waals surface area contributed by atoms with Crippen molar-refractivity contribution in [2.75, 3.05) is 11.1 Å². The second-order valence-electron chi connectivity index (χ2n) is 7.51. The molecule has 0 bridgehead atoms. The van der Waals surface area contributed by atoms with E-state index in [1.165, 1.54) is 17.3 Å². The highest BCUT2D eigenvalue weighted by molar-refractivity contribution is 9.10. The van der Waals surface area contributed by atoms with Gasteiger partial charge in [0.05, 0.1) is 11.4 Å². The van der Waals surface area contributed by atoms with Crippen molar-refractivity contribution < 1.29 is 4.79 Å². The molecule has 146 valence electrons. The third-order valence-electron chi connectivity index (χ3n) is 4.32. The lowest BCUT2D eigenvalue weighted by atomic mass is 9.87. The summed E-state index contributed by atoms with van der Waals surface area (Å²) in [5.74, 6) is 0.959. The molecule has 0 saturated heterocycles. The summed E-state index contributed by atoms with van der Waals surface area (Å²) in [5, 5.41) is 12.2. The number of benzene rings is 2. The quantitative estimate of drug-likeness (QED) is 0.528. The maximum atomic E-state index is 12.2. The molecule has 7 heteroatoms. The van der Waals surface area contributed by atoms with Crippen LogP contribution >= 0.6 is 27.7 Å². The fourth-order valence-corrected chi connectivity index (χ4v) is 3.79. The Morgan fingerprint density at radius 1 is 1.11 bits per heavy atom. The van der Waals surface area contributed by atoms with Gasteiger partial charge in [-0.1, -0.05) is 68.9 Å². The molecule has 1 N–H and O–H groups in total. The first kappa shape index (κ1) is 20.6. The van der Waals surface area contributed by atoms with Crippen LogP contribution in [-0.2, 0) is 17.3 Å². The highest BCUT2D eigenvalue weighted by Gasteiger charge is 2.16. The van der Waals surface area contributed by atoms with Gasteiger partial charge in [-0.3, -0.25) is 4.79 Å². The Balaban J connectivity index is 1.66. The van der Waals surface area contributed by atoms with Gasteiger partial charge in [0.1, 0.15) is 0 Å². The van der Waals surface area contributed by atoms with Crippen LogP contribution < -0.4 is 5.32 Å². The number of carbonyl (C=O) groups excluding carboxylic acids is 1. The lowest BCUT2D eigenvalue weighted by Crippen LogP contribution is -2.14. The Bertz CT molecular complexity index is 977. The van der Waals surface area contributed by atoms with E-state index in [4.69, 9.17) is 0 Å². The number of halogens is 1. The number of amides is 1. The summed E-state index contributed by atoms with van der Waals surface area (Å²) < 4.78 is 2.77. The van der Waals surface area contributed by atoms with Crippen molar-refractivity contribution in [3.63, 3.8) is 0 Å². The SMILES string of the molecule is Cn1c(SCC(=O)Nc2ccccc2Br)nnc1-c1ccc(C(C)(C)C)cc1. The molecule has 0 aliphatic carbocycles. The van der Waals surface area contributed by atoms with Crippen molar-refractivity contribution >= 4 is 39.3 Å². The van der Waals surface area contributed by atoms with Crippen LogP contribution in [0.25, 0.3) is 11.4 Å². The fourth-order valence-electron chi connectivity index (χ4n) is 2.69. The van der Waals surface area contributed by atoms with E-state index in [-0.39, 0.29) is 17.1 Å². The molecule has 2 aromatic carbocycles. The van der Waals surface area contributed by atoms with Crippen molar-refractivity contribution in [2.45, 2.75) is 31.3 Å². The van der Waals surface area contributed by atoms with Crippen molar-refractivity contribution in [1.29, 1.82) is 0 Å². The van der Waals surface area contributed by atoms with Gasteiger partial charge < -0.3 is 9.88 Å². The summed E-state index contributed by atoms with van der Waals surface area (Å²) >= 11 is 4.80. The number of carbonyl (C=O) groups is 1. The number of aromatic nitrogens is 3. The summed E-state index contributed by atoms with van der Waals surface area (Å²) in [7, 11) is 1.92. The Kier molecular flexibility index (Phi) is 6.25. The minimum atomic E-state index is -0.0871. The first-order chi connectivity index (χ1) is 13.3. The number of para-hydroxylation sites is 1. The summed E-state index contributed by atoms with van der Waals surface area (Å²) in [6.45, 7) is 6.58. The van der Waals surface area contributed by atoms with Crippen LogP contribution in [0.15, 0.2) is 58.2 Å². The Hall–Kier alpha value is -2.12. The van der Waals surface area contributed by atoms with Gasteiger partial charge in [0.15, 0.2) is 11.0 Å². The normalized spacial score (nSPS) is 11.5. The molecule has 0 unspecified atom stereocenters. The van der Waals surface area contributed by atoms with E-state index < -0.39 is 0 Å². The predicted molar refractivity (Wildman–Crippen MR) is 119 cm³/mol. The van der Waals surface area contributed by atoms with Crippen molar-refractivity contribution in [2.24, 2.45) is 7.05 Å². The molecule has 1 amide bonds. The van der Waals surface area contributed by atoms with Gasteiger partial charge in [0.2, 0.25) is 5.91 Å². The van der Waals surface area contributed by atoms with Crippen LogP contribution in [0.3, 0.4) is 0 Å². The molecule has 0 saturated carbocycles. The summed E-state index contributed by atoms with van der Waals surface area (Å²) in [6, 6.07) is 15.9. The van der Waals surface area contributed by atoms with Crippen molar-refractivity contribution in [3.05, 3.63) is 58.6 Å². The highest BCUT2D eigenvalue weighted by Crippen LogP contribution is 2.27. The zero-order valence-electron chi connectivity index (χ0n) is 16.4. The summed E-state index contributed by atoms with van der Waals surface area (Å²) in [4.78, 5) is 12.2. The van der Waals surface area contributed by atoms with E-state index in [9.17, 15) is 4.79 Å². The number of thioether (sulfide) groups is 1. The first-order valence-electron chi connectivity index (χ1n) is 8.93. The maximum absolute atomic E-state index is 12.2. The second-order valence-corrected chi connectivity index (χ2v) is 9.31. The second kappa shape index (κ2) is 8.49. The molecule has 0 aliphatic rings. The molecule has 28 heavy (non-hydrogen) atoms. The summed E-state index contributed by atoms with van der Waals surface area (Å²) in [5.41, 5.74) is 3.15. The maximum Gasteiger partial charge on any atom is 0.234 e. The largest absolute Gasteiger partial charge is 0.324 e. The predicted octanol–water partition coefficient (Wildman–Crippen LogP) is 5.27. The lowest BCUT2D eigenvalue weighted by Gasteiger charge is -2.19. The summed E-state index contributed by atoms with van der Waals surface area (Å²) in [6.07, 6.45) is 0. The van der Waals surface area contributed by atoms with Crippen LogP contribution in [0.1, 0.15) is 26.3 Å². The smallest absolute Gasteiger partial charge is 0.234 e. The van der Waals surface area contributed by atoms with Gasteiger partial charge >= 0.3 is 0 Å². The van der Waals surface area contributed by atoms with Crippen LogP contribution in [0.4, 0.5) is 5.69 Å². The van der Waals surface area contributed by atoms with Gasteiger partial charge in [-0.15, -0.1) is 10.2 Å². The number of anilines is 1. The number of rotatable bonds is 5. The number of hydrogen-bond acceptors (Lipinski definition) is 4. The van der Waals surface area contributed by atoms with Crippen LogP contribution in [0.5, 0.6) is 0 Å². The van der Waals surface area contributed by atoms with Gasteiger partial charge in [-0.25, -0.2) is 0 Å². The molecule has 0 radical (unpaired) electrons. The third kappa shape index (κ3) is 4.83. The standard InChI is InChI=1S/C21H23BrN4OS/c1-21(2,3)15-11-9-14(10-12-15)19-24-25-20(26(19)4)28-13-18(27)23-17-8-6-5-7-16(17)22/h5-12H,13H2,1-4H3,(H,23,27). The Morgan fingerprint density at radius 2 is 1.79 bits per heavy atom. The zero-order valence-corrected chi connectivity index (χ0v) is 18.8. The number of nitrogens with one attached hydrogen (secondary N) is 1.